The van der Waals surface area contributed by atoms with E-state index in [0.29, 0.717) is 12.4 Å². The molecule has 0 atom stereocenters. The average molecular weight is 336 g/mol. The second kappa shape index (κ2) is 7.06. The van der Waals surface area contributed by atoms with Crippen LogP contribution in [0.5, 0.6) is 0 Å². The predicted molar refractivity (Wildman–Crippen MR) is 77.2 cm³/mol. The molecular weight excluding hydrogens is 318 g/mol. The lowest BCUT2D eigenvalue weighted by atomic mass is 10.3. The Kier molecular flexibility index (Phi) is 6.04. The van der Waals surface area contributed by atoms with E-state index >= 15 is 0 Å². The van der Waals surface area contributed by atoms with Crippen molar-refractivity contribution in [2.75, 3.05) is 23.6 Å². The second-order valence-corrected chi connectivity index (χ2v) is 6.75. The van der Waals surface area contributed by atoms with Crippen LogP contribution in [0.15, 0.2) is 16.7 Å². The van der Waals surface area contributed by atoms with Crippen molar-refractivity contribution in [2.45, 2.75) is 20.3 Å². The minimum absolute atomic E-state index is 0.0458. The molecule has 2 N–H and O–H groups in total. The fourth-order valence-corrected chi connectivity index (χ4v) is 2.82. The van der Waals surface area contributed by atoms with Crippen molar-refractivity contribution < 1.29 is 8.42 Å². The Bertz CT molecular complexity index is 491. The molecule has 1 rings (SSSR count). The molecule has 0 amide bonds. The Morgan fingerprint density at radius 2 is 2.11 bits per heavy atom. The molecule has 0 aliphatic heterocycles. The van der Waals surface area contributed by atoms with Crippen LogP contribution in [0.1, 0.15) is 18.9 Å². The van der Waals surface area contributed by atoms with Gasteiger partial charge in [0, 0.05) is 17.2 Å². The van der Waals surface area contributed by atoms with Crippen molar-refractivity contribution in [3.8, 4) is 0 Å². The number of anilines is 1. The number of hydrogen-bond donors (Lipinski definition) is 2. The summed E-state index contributed by atoms with van der Waals surface area (Å²) >= 11 is 3.29. The van der Waals surface area contributed by atoms with Crippen LogP contribution in [0.25, 0.3) is 0 Å². The quantitative estimate of drug-likeness (QED) is 0.746. The van der Waals surface area contributed by atoms with Gasteiger partial charge in [-0.15, -0.1) is 0 Å². The Morgan fingerprint density at radius 3 is 2.72 bits per heavy atom. The number of aromatic nitrogens is 1. The number of nitrogens with one attached hydrogen (secondary N) is 2. The van der Waals surface area contributed by atoms with Crippen LogP contribution in [-0.4, -0.2) is 32.2 Å². The van der Waals surface area contributed by atoms with Crippen molar-refractivity contribution in [3.05, 3.63) is 22.3 Å². The smallest absolute Gasteiger partial charge is 0.235 e. The molecule has 0 aliphatic rings. The van der Waals surface area contributed by atoms with Gasteiger partial charge in [0.05, 0.1) is 5.75 Å². The van der Waals surface area contributed by atoms with Crippen LogP contribution in [-0.2, 0) is 10.0 Å². The molecule has 102 valence electrons. The van der Waals surface area contributed by atoms with Crippen LogP contribution in [0.4, 0.5) is 5.82 Å². The third-order valence-electron chi connectivity index (χ3n) is 2.27. The molecule has 0 unspecified atom stereocenters. The molecule has 18 heavy (non-hydrogen) atoms. The maximum atomic E-state index is 11.8. The summed E-state index contributed by atoms with van der Waals surface area (Å²) in [6, 6.07) is 1.82. The van der Waals surface area contributed by atoms with Crippen molar-refractivity contribution in [1.29, 1.82) is 0 Å². The van der Waals surface area contributed by atoms with Crippen molar-refractivity contribution >= 4 is 31.8 Å². The SMILES string of the molecule is CCCNCCS(=O)(=O)Nc1ncc(Br)cc1C. The van der Waals surface area contributed by atoms with Gasteiger partial charge in [0.25, 0.3) is 0 Å². The molecule has 0 saturated heterocycles. The van der Waals surface area contributed by atoms with Gasteiger partial charge in [-0.2, -0.15) is 0 Å². The lowest BCUT2D eigenvalue weighted by Gasteiger charge is -2.10. The number of pyridine rings is 1. The first-order chi connectivity index (χ1) is 8.44. The summed E-state index contributed by atoms with van der Waals surface area (Å²) in [4.78, 5) is 4.05. The zero-order chi connectivity index (χ0) is 13.6. The van der Waals surface area contributed by atoms with Gasteiger partial charge in [-0.1, -0.05) is 6.92 Å². The minimum atomic E-state index is -3.34. The van der Waals surface area contributed by atoms with Crippen molar-refractivity contribution in [3.63, 3.8) is 0 Å². The molecule has 1 aromatic heterocycles. The second-order valence-electron chi connectivity index (χ2n) is 3.99. The molecule has 1 heterocycles. The third-order valence-corrected chi connectivity index (χ3v) is 3.95. The van der Waals surface area contributed by atoms with Gasteiger partial charge in [0.15, 0.2) is 0 Å². The topological polar surface area (TPSA) is 71.1 Å². The van der Waals surface area contributed by atoms with Gasteiger partial charge in [-0.3, -0.25) is 4.72 Å². The standard InChI is InChI=1S/C11H18BrN3O2S/c1-3-4-13-5-6-18(16,17)15-11-9(2)7-10(12)8-14-11/h7-8,13H,3-6H2,1-2H3,(H,14,15). The molecule has 5 nitrogen and oxygen atoms in total. The van der Waals surface area contributed by atoms with E-state index < -0.39 is 10.0 Å². The summed E-state index contributed by atoms with van der Waals surface area (Å²) in [6.45, 7) is 5.11. The number of halogens is 1. The summed E-state index contributed by atoms with van der Waals surface area (Å²) in [6.07, 6.45) is 2.56. The largest absolute Gasteiger partial charge is 0.316 e. The van der Waals surface area contributed by atoms with Crippen LogP contribution >= 0.6 is 15.9 Å². The fraction of sp³-hybridized carbons (Fsp3) is 0.545. The minimum Gasteiger partial charge on any atom is -0.316 e. The molecule has 7 heteroatoms. The first-order valence-electron chi connectivity index (χ1n) is 5.78. The van der Waals surface area contributed by atoms with Gasteiger partial charge in [0.1, 0.15) is 5.82 Å². The molecule has 0 saturated carbocycles. The number of hydrogen-bond acceptors (Lipinski definition) is 4. The van der Waals surface area contributed by atoms with Gasteiger partial charge in [-0.25, -0.2) is 13.4 Å². The maximum Gasteiger partial charge on any atom is 0.235 e. The monoisotopic (exact) mass is 335 g/mol. The number of sulfonamides is 1. The summed E-state index contributed by atoms with van der Waals surface area (Å²) in [5.41, 5.74) is 0.787. The molecule has 0 bridgehead atoms. The number of rotatable bonds is 7. The molecule has 1 aromatic rings. The Hall–Kier alpha value is -0.660. The van der Waals surface area contributed by atoms with Gasteiger partial charge in [-0.05, 0) is 47.4 Å². The van der Waals surface area contributed by atoms with E-state index in [9.17, 15) is 8.42 Å². The van der Waals surface area contributed by atoms with Crippen LogP contribution in [0, 0.1) is 6.92 Å². The Balaban J connectivity index is 2.59. The van der Waals surface area contributed by atoms with Crippen molar-refractivity contribution in [1.82, 2.24) is 10.3 Å². The summed E-state index contributed by atoms with van der Waals surface area (Å²) in [7, 11) is -3.34. The van der Waals surface area contributed by atoms with Gasteiger partial charge in [0.2, 0.25) is 10.0 Å². The highest BCUT2D eigenvalue weighted by Crippen LogP contribution is 2.17. The first-order valence-corrected chi connectivity index (χ1v) is 8.22. The number of aryl methyl sites for hydroxylation is 1. The third kappa shape index (κ3) is 5.32. The highest BCUT2D eigenvalue weighted by molar-refractivity contribution is 9.10. The summed E-state index contributed by atoms with van der Waals surface area (Å²) < 4.78 is 26.9. The highest BCUT2D eigenvalue weighted by atomic mass is 79.9. The predicted octanol–water partition coefficient (Wildman–Crippen LogP) is 1.89. The van der Waals surface area contributed by atoms with E-state index in [0.717, 1.165) is 23.0 Å². The van der Waals surface area contributed by atoms with Gasteiger partial charge < -0.3 is 5.32 Å². The van der Waals surface area contributed by atoms with E-state index in [1.807, 2.05) is 19.9 Å². The van der Waals surface area contributed by atoms with E-state index in [4.69, 9.17) is 0 Å². The van der Waals surface area contributed by atoms with Crippen molar-refractivity contribution in [2.24, 2.45) is 0 Å². The molecule has 0 radical (unpaired) electrons. The van der Waals surface area contributed by atoms with Crippen LogP contribution in [0.2, 0.25) is 0 Å². The first kappa shape index (κ1) is 15.4. The zero-order valence-electron chi connectivity index (χ0n) is 10.5. The molecule has 0 aliphatic carbocycles. The maximum absolute atomic E-state index is 11.8. The molecule has 0 spiro atoms. The average Bonchev–Trinajstić information content (AvgIpc) is 2.28. The molecule has 0 fully saturated rings. The normalized spacial score (nSPS) is 11.5. The zero-order valence-corrected chi connectivity index (χ0v) is 12.9. The van der Waals surface area contributed by atoms with E-state index in [1.54, 1.807) is 6.20 Å². The lowest BCUT2D eigenvalue weighted by Crippen LogP contribution is -2.27. The van der Waals surface area contributed by atoms with E-state index in [1.165, 1.54) is 0 Å². The molecule has 0 aromatic carbocycles. The van der Waals surface area contributed by atoms with E-state index in [2.05, 4.69) is 31.0 Å². The van der Waals surface area contributed by atoms with Gasteiger partial charge >= 0.3 is 0 Å². The fourth-order valence-electron chi connectivity index (χ4n) is 1.35. The summed E-state index contributed by atoms with van der Waals surface area (Å²) in [5, 5.41) is 3.05. The Morgan fingerprint density at radius 1 is 1.39 bits per heavy atom. The highest BCUT2D eigenvalue weighted by Gasteiger charge is 2.12. The van der Waals surface area contributed by atoms with E-state index in [-0.39, 0.29) is 5.75 Å². The molecular formula is C11H18BrN3O2S. The Labute approximate surface area is 117 Å². The van der Waals surface area contributed by atoms with Crippen LogP contribution in [0.3, 0.4) is 0 Å². The summed E-state index contributed by atoms with van der Waals surface area (Å²) in [5.74, 6) is 0.429. The lowest BCUT2D eigenvalue weighted by molar-refractivity contribution is 0.595. The number of nitrogens with zero attached hydrogens (tertiary/aromatic N) is 1. The van der Waals surface area contributed by atoms with Crippen LogP contribution < -0.4 is 10.0 Å².